The van der Waals surface area contributed by atoms with Crippen LogP contribution >= 0.6 is 11.6 Å². The van der Waals surface area contributed by atoms with Gasteiger partial charge in [-0.3, -0.25) is 4.90 Å². The Morgan fingerprint density at radius 2 is 1.97 bits per heavy atom. The number of carbonyl (C=O) groups is 1. The van der Waals surface area contributed by atoms with Crippen LogP contribution in [0.4, 0.5) is 20.7 Å². The van der Waals surface area contributed by atoms with Gasteiger partial charge in [-0.05, 0) is 35.9 Å². The highest BCUT2D eigenvalue weighted by Gasteiger charge is 2.30. The second-order valence-corrected chi connectivity index (χ2v) is 8.20. The summed E-state index contributed by atoms with van der Waals surface area (Å²) in [6.45, 7) is 1.48. The lowest BCUT2D eigenvalue weighted by Gasteiger charge is -2.19. The number of anilines is 2. The highest BCUT2D eigenvalue weighted by molar-refractivity contribution is 6.30. The fourth-order valence-corrected chi connectivity index (χ4v) is 4.37. The van der Waals surface area contributed by atoms with Crippen molar-refractivity contribution in [2.75, 3.05) is 23.7 Å². The third kappa shape index (κ3) is 3.42. The lowest BCUT2D eigenvalue weighted by molar-refractivity contribution is 0.219. The van der Waals surface area contributed by atoms with Gasteiger partial charge in [-0.15, -0.1) is 0 Å². The van der Waals surface area contributed by atoms with Gasteiger partial charge in [0.05, 0.1) is 5.39 Å². The van der Waals surface area contributed by atoms with Crippen LogP contribution in [0.15, 0.2) is 55.0 Å². The second-order valence-electron chi connectivity index (χ2n) is 7.76. The molecule has 1 aliphatic rings. The quantitative estimate of drug-likeness (QED) is 0.498. The Balaban J connectivity index is 1.42. The topological polar surface area (TPSA) is 80.3 Å². The van der Waals surface area contributed by atoms with Crippen LogP contribution in [0.25, 0.3) is 22.2 Å². The molecule has 1 fully saturated rings. The smallest absolute Gasteiger partial charge is 0.324 e. The van der Waals surface area contributed by atoms with Gasteiger partial charge in [0, 0.05) is 54.7 Å². The first kappa shape index (κ1) is 20.3. The van der Waals surface area contributed by atoms with Crippen LogP contribution in [0.2, 0.25) is 5.02 Å². The molecule has 4 aromatic rings. The summed E-state index contributed by atoms with van der Waals surface area (Å²) >= 11 is 6.05. The molecule has 0 bridgehead atoms. The van der Waals surface area contributed by atoms with E-state index in [4.69, 9.17) is 17.3 Å². The van der Waals surface area contributed by atoms with Crippen molar-refractivity contribution in [3.63, 3.8) is 0 Å². The Bertz CT molecular complexity index is 1350. The molecule has 0 spiro atoms. The maximum absolute atomic E-state index is 15.2. The van der Waals surface area contributed by atoms with Crippen LogP contribution in [0.1, 0.15) is 5.56 Å². The molecule has 1 saturated heterocycles. The molecule has 0 saturated carbocycles. The molecule has 7 nitrogen and oxygen atoms in total. The van der Waals surface area contributed by atoms with E-state index in [2.05, 4.69) is 9.97 Å². The summed E-state index contributed by atoms with van der Waals surface area (Å²) in [7, 11) is 1.82. The van der Waals surface area contributed by atoms with Crippen LogP contribution in [0.3, 0.4) is 0 Å². The van der Waals surface area contributed by atoms with Crippen molar-refractivity contribution < 1.29 is 9.18 Å². The Morgan fingerprint density at radius 1 is 1.12 bits per heavy atom. The third-order valence-corrected chi connectivity index (χ3v) is 5.93. The van der Waals surface area contributed by atoms with Crippen molar-refractivity contribution in [3.8, 4) is 11.1 Å². The van der Waals surface area contributed by atoms with Crippen molar-refractivity contribution in [1.82, 2.24) is 19.4 Å². The molecule has 5 rings (SSSR count). The fourth-order valence-electron chi connectivity index (χ4n) is 4.15. The van der Waals surface area contributed by atoms with Gasteiger partial charge in [-0.1, -0.05) is 23.7 Å². The Labute approximate surface area is 188 Å². The minimum absolute atomic E-state index is 0.167. The number of benzene rings is 2. The maximum Gasteiger partial charge on any atom is 0.324 e. The minimum atomic E-state index is -0.445. The number of amides is 2. The molecule has 3 heterocycles. The van der Waals surface area contributed by atoms with E-state index in [1.54, 1.807) is 38.8 Å². The summed E-state index contributed by atoms with van der Waals surface area (Å²) in [5.41, 5.74) is 9.11. The number of hydrogen-bond acceptors (Lipinski definition) is 4. The zero-order valence-electron chi connectivity index (χ0n) is 17.3. The number of halogens is 2. The Morgan fingerprint density at radius 3 is 2.75 bits per heavy atom. The standard InChI is InChI=1S/C23H20ClFN6O/c1-29-12-18(20-21(26)27-13-28-22(20)29)17-6-5-16(10-19(17)25)31-8-7-30(23(31)32)11-14-3-2-4-15(24)9-14/h2-6,9-10,12-13H,7-8,11H2,1H3,(H2,26,27,28). The molecule has 2 aromatic carbocycles. The van der Waals surface area contributed by atoms with Crippen molar-refractivity contribution in [3.05, 3.63) is 71.4 Å². The minimum Gasteiger partial charge on any atom is -0.383 e. The van der Waals surface area contributed by atoms with E-state index in [1.807, 2.05) is 25.2 Å². The molecule has 162 valence electrons. The number of carbonyl (C=O) groups excluding carboxylic acids is 1. The first-order chi connectivity index (χ1) is 15.4. The van der Waals surface area contributed by atoms with E-state index in [0.29, 0.717) is 58.3 Å². The van der Waals surface area contributed by atoms with Gasteiger partial charge >= 0.3 is 6.03 Å². The van der Waals surface area contributed by atoms with E-state index < -0.39 is 5.82 Å². The summed E-state index contributed by atoms with van der Waals surface area (Å²) in [4.78, 5) is 24.5. The van der Waals surface area contributed by atoms with Crippen molar-refractivity contribution >= 4 is 40.2 Å². The molecule has 32 heavy (non-hydrogen) atoms. The maximum atomic E-state index is 15.2. The summed E-state index contributed by atoms with van der Waals surface area (Å²) in [5.74, 6) is -0.153. The molecule has 0 unspecified atom stereocenters. The summed E-state index contributed by atoms with van der Waals surface area (Å²) in [5, 5.41) is 1.23. The van der Waals surface area contributed by atoms with Gasteiger partial charge in [0.15, 0.2) is 0 Å². The lowest BCUT2D eigenvalue weighted by Crippen LogP contribution is -2.31. The van der Waals surface area contributed by atoms with Gasteiger partial charge < -0.3 is 15.2 Å². The van der Waals surface area contributed by atoms with E-state index in [-0.39, 0.29) is 6.03 Å². The highest BCUT2D eigenvalue weighted by Crippen LogP contribution is 2.35. The van der Waals surface area contributed by atoms with Gasteiger partial charge in [-0.25, -0.2) is 19.2 Å². The third-order valence-electron chi connectivity index (χ3n) is 5.69. The normalized spacial score (nSPS) is 14.0. The first-order valence-corrected chi connectivity index (χ1v) is 10.5. The van der Waals surface area contributed by atoms with Crippen molar-refractivity contribution in [1.29, 1.82) is 0 Å². The molecule has 0 atom stereocenters. The number of hydrogen-bond donors (Lipinski definition) is 1. The molecule has 1 aliphatic heterocycles. The average molecular weight is 451 g/mol. The number of nitrogens with zero attached hydrogens (tertiary/aromatic N) is 5. The van der Waals surface area contributed by atoms with Gasteiger partial charge in [0.1, 0.15) is 23.6 Å². The zero-order valence-corrected chi connectivity index (χ0v) is 18.1. The molecular weight excluding hydrogens is 431 g/mol. The number of aromatic nitrogens is 3. The molecule has 2 amide bonds. The average Bonchev–Trinajstić information content (AvgIpc) is 3.29. The summed E-state index contributed by atoms with van der Waals surface area (Å²) in [6.07, 6.45) is 3.16. The number of fused-ring (bicyclic) bond motifs is 1. The SMILES string of the molecule is Cn1cc(-c2ccc(N3CCN(Cc4cccc(Cl)c4)C3=O)cc2F)c2c(N)ncnc21. The van der Waals surface area contributed by atoms with Crippen LogP contribution in [-0.4, -0.2) is 38.6 Å². The van der Waals surface area contributed by atoms with Gasteiger partial charge in [0.2, 0.25) is 0 Å². The second kappa shape index (κ2) is 7.80. The fraction of sp³-hybridized carbons (Fsp3) is 0.174. The number of urea groups is 1. The zero-order chi connectivity index (χ0) is 22.4. The van der Waals surface area contributed by atoms with Gasteiger partial charge in [0.25, 0.3) is 0 Å². The number of rotatable bonds is 4. The van der Waals surface area contributed by atoms with Crippen molar-refractivity contribution in [2.24, 2.45) is 7.05 Å². The van der Waals surface area contributed by atoms with Crippen LogP contribution in [-0.2, 0) is 13.6 Å². The predicted octanol–water partition coefficient (Wildman–Crippen LogP) is 4.45. The van der Waals surface area contributed by atoms with E-state index in [0.717, 1.165) is 5.56 Å². The predicted molar refractivity (Wildman–Crippen MR) is 123 cm³/mol. The molecule has 9 heteroatoms. The Kier molecular flexibility index (Phi) is 4.94. The first-order valence-electron chi connectivity index (χ1n) is 10.1. The molecule has 2 N–H and O–H groups in total. The van der Waals surface area contributed by atoms with E-state index >= 15 is 4.39 Å². The number of nitrogens with two attached hydrogens (primary N) is 1. The molecular formula is C23H20ClFN6O. The van der Waals surface area contributed by atoms with E-state index in [9.17, 15) is 4.79 Å². The van der Waals surface area contributed by atoms with Crippen LogP contribution in [0.5, 0.6) is 0 Å². The molecule has 0 aliphatic carbocycles. The van der Waals surface area contributed by atoms with Gasteiger partial charge in [-0.2, -0.15) is 0 Å². The van der Waals surface area contributed by atoms with Crippen LogP contribution in [0, 0.1) is 5.82 Å². The monoisotopic (exact) mass is 450 g/mol. The van der Waals surface area contributed by atoms with Crippen LogP contribution < -0.4 is 10.6 Å². The highest BCUT2D eigenvalue weighted by atomic mass is 35.5. The van der Waals surface area contributed by atoms with Crippen molar-refractivity contribution in [2.45, 2.75) is 6.54 Å². The molecule has 0 radical (unpaired) electrons. The number of nitrogen functional groups attached to an aromatic ring is 1. The lowest BCUT2D eigenvalue weighted by atomic mass is 10.0. The number of aryl methyl sites for hydroxylation is 1. The van der Waals surface area contributed by atoms with E-state index in [1.165, 1.54) is 12.4 Å². The largest absolute Gasteiger partial charge is 0.383 e. The summed E-state index contributed by atoms with van der Waals surface area (Å²) in [6, 6.07) is 12.0. The Hall–Kier alpha value is -3.65. The molecule has 2 aromatic heterocycles. The summed E-state index contributed by atoms with van der Waals surface area (Å²) < 4.78 is 17.0.